The Bertz CT molecular complexity index is 943. The third-order valence-corrected chi connectivity index (χ3v) is 5.90. The Morgan fingerprint density at radius 1 is 0.774 bits per heavy atom. The highest BCUT2D eigenvalue weighted by Gasteiger charge is 2.33. The van der Waals surface area contributed by atoms with E-state index in [9.17, 15) is 0 Å². The maximum atomic E-state index is 15.1. The third-order valence-electron chi connectivity index (χ3n) is 5.37. The molecule has 3 aromatic rings. The second-order valence-electron chi connectivity index (χ2n) is 7.91. The van der Waals surface area contributed by atoms with Crippen LogP contribution in [0.3, 0.4) is 0 Å². The van der Waals surface area contributed by atoms with Gasteiger partial charge in [0.1, 0.15) is 5.69 Å². The Kier molecular flexibility index (Phi) is 8.70. The molecule has 0 aliphatic heterocycles. The Morgan fingerprint density at radius 2 is 1.42 bits per heavy atom. The number of hydrogen-bond acceptors (Lipinski definition) is 2. The molecule has 0 aliphatic rings. The van der Waals surface area contributed by atoms with E-state index in [4.69, 9.17) is 0 Å². The predicted molar refractivity (Wildman–Crippen MR) is 127 cm³/mol. The van der Waals surface area contributed by atoms with Gasteiger partial charge in [-0.2, -0.15) is 8.78 Å². The lowest BCUT2D eigenvalue weighted by molar-refractivity contribution is -0.0201. The van der Waals surface area contributed by atoms with Crippen LogP contribution in [0.4, 0.5) is 8.78 Å². The molecule has 0 unspecified atom stereocenters. The smallest absolute Gasteiger partial charge is 0.228 e. The zero-order valence-corrected chi connectivity index (χ0v) is 19.5. The number of unbranched alkanes of at least 4 members (excludes halogenated alkanes) is 6. The number of aromatic nitrogens is 2. The Hall–Kier alpha value is -2.14. The van der Waals surface area contributed by atoms with Gasteiger partial charge >= 0.3 is 0 Å². The summed E-state index contributed by atoms with van der Waals surface area (Å²) in [7, 11) is 0. The molecule has 0 amide bonds. The van der Waals surface area contributed by atoms with Gasteiger partial charge in [-0.15, -0.1) is 0 Å². The van der Waals surface area contributed by atoms with Crippen molar-refractivity contribution in [1.82, 2.24) is 9.97 Å². The van der Waals surface area contributed by atoms with Gasteiger partial charge in [0, 0.05) is 22.0 Å². The van der Waals surface area contributed by atoms with Gasteiger partial charge in [0.25, 0.3) is 5.92 Å². The largest absolute Gasteiger partial charge is 0.289 e. The average Bonchev–Trinajstić information content (AvgIpc) is 2.79. The van der Waals surface area contributed by atoms with Crippen molar-refractivity contribution in [2.45, 2.75) is 64.2 Å². The molecule has 0 spiro atoms. The van der Waals surface area contributed by atoms with Crippen molar-refractivity contribution in [3.63, 3.8) is 0 Å². The average molecular weight is 487 g/mol. The maximum absolute atomic E-state index is 15.1. The lowest BCUT2D eigenvalue weighted by Crippen LogP contribution is -2.16. The molecule has 31 heavy (non-hydrogen) atoms. The van der Waals surface area contributed by atoms with Crippen LogP contribution in [0.1, 0.15) is 64.0 Å². The molecule has 0 radical (unpaired) electrons. The number of benzene rings is 2. The molecule has 0 saturated heterocycles. The van der Waals surface area contributed by atoms with Gasteiger partial charge in [-0.3, -0.25) is 0 Å². The first-order valence-electron chi connectivity index (χ1n) is 11.1. The van der Waals surface area contributed by atoms with E-state index in [2.05, 4.69) is 32.8 Å². The highest BCUT2D eigenvalue weighted by Crippen LogP contribution is 2.35. The van der Waals surface area contributed by atoms with Crippen molar-refractivity contribution in [2.24, 2.45) is 0 Å². The molecule has 0 saturated carbocycles. The SMILES string of the molecule is CCCCCCCCCC(F)(F)c1cc(-c2ccc(Br)cc2)nc(-c2ccccc2)n1. The van der Waals surface area contributed by atoms with E-state index in [1.807, 2.05) is 54.6 Å². The summed E-state index contributed by atoms with van der Waals surface area (Å²) in [6, 6.07) is 18.3. The van der Waals surface area contributed by atoms with Crippen LogP contribution in [0.25, 0.3) is 22.6 Å². The zero-order chi connectivity index (χ0) is 22.1. The minimum atomic E-state index is -2.99. The molecule has 2 nitrogen and oxygen atoms in total. The number of halogens is 3. The standard InChI is InChI=1S/C26H29BrF2N2/c1-2-3-4-5-6-7-11-18-26(28,29)24-19-23(20-14-16-22(27)17-15-20)30-25(31-24)21-12-9-8-10-13-21/h8-10,12-17,19H,2-7,11,18H2,1H3. The molecule has 0 aliphatic carbocycles. The van der Waals surface area contributed by atoms with Gasteiger partial charge in [0.15, 0.2) is 5.82 Å². The normalized spacial score (nSPS) is 11.6. The van der Waals surface area contributed by atoms with E-state index in [1.54, 1.807) is 0 Å². The van der Waals surface area contributed by atoms with Crippen LogP contribution in [-0.2, 0) is 5.92 Å². The van der Waals surface area contributed by atoms with Gasteiger partial charge in [0.05, 0.1) is 5.69 Å². The molecule has 1 heterocycles. The number of hydrogen-bond donors (Lipinski definition) is 0. The monoisotopic (exact) mass is 486 g/mol. The first-order chi connectivity index (χ1) is 15.0. The Balaban J connectivity index is 1.82. The van der Waals surface area contributed by atoms with E-state index < -0.39 is 5.92 Å². The summed E-state index contributed by atoms with van der Waals surface area (Å²) in [5.74, 6) is -2.66. The van der Waals surface area contributed by atoms with Crippen LogP contribution in [-0.4, -0.2) is 9.97 Å². The number of rotatable bonds is 11. The van der Waals surface area contributed by atoms with E-state index in [1.165, 1.54) is 25.3 Å². The van der Waals surface area contributed by atoms with E-state index in [0.29, 0.717) is 17.9 Å². The van der Waals surface area contributed by atoms with Gasteiger partial charge in [-0.05, 0) is 24.6 Å². The fourth-order valence-corrected chi connectivity index (χ4v) is 3.82. The summed E-state index contributed by atoms with van der Waals surface area (Å²) in [4.78, 5) is 8.88. The minimum absolute atomic E-state index is 0.189. The molecule has 0 atom stereocenters. The van der Waals surface area contributed by atoms with Crippen molar-refractivity contribution in [1.29, 1.82) is 0 Å². The molecule has 5 heteroatoms. The van der Waals surface area contributed by atoms with Crippen LogP contribution in [0, 0.1) is 0 Å². The molecule has 0 bridgehead atoms. The van der Waals surface area contributed by atoms with Crippen LogP contribution in [0.15, 0.2) is 65.1 Å². The summed E-state index contributed by atoms with van der Waals surface area (Å²) >= 11 is 3.42. The van der Waals surface area contributed by atoms with Crippen LogP contribution >= 0.6 is 15.9 Å². The zero-order valence-electron chi connectivity index (χ0n) is 18.0. The highest BCUT2D eigenvalue weighted by atomic mass is 79.9. The molecule has 2 aromatic carbocycles. The van der Waals surface area contributed by atoms with E-state index in [-0.39, 0.29) is 12.1 Å². The Labute approximate surface area is 192 Å². The molecular weight excluding hydrogens is 458 g/mol. The van der Waals surface area contributed by atoms with E-state index in [0.717, 1.165) is 34.9 Å². The van der Waals surface area contributed by atoms with Crippen LogP contribution in [0.5, 0.6) is 0 Å². The topological polar surface area (TPSA) is 25.8 Å². The summed E-state index contributed by atoms with van der Waals surface area (Å²) in [5, 5.41) is 0. The number of nitrogens with zero attached hydrogens (tertiary/aromatic N) is 2. The third kappa shape index (κ3) is 6.93. The second-order valence-corrected chi connectivity index (χ2v) is 8.83. The molecule has 164 valence electrons. The molecule has 0 fully saturated rings. The lowest BCUT2D eigenvalue weighted by Gasteiger charge is -2.18. The van der Waals surface area contributed by atoms with Gasteiger partial charge in [0.2, 0.25) is 0 Å². The summed E-state index contributed by atoms with van der Waals surface area (Å²) < 4.78 is 31.2. The van der Waals surface area contributed by atoms with Gasteiger partial charge in [-0.25, -0.2) is 9.97 Å². The van der Waals surface area contributed by atoms with E-state index >= 15 is 8.78 Å². The lowest BCUT2D eigenvalue weighted by atomic mass is 10.0. The number of alkyl halides is 2. The maximum Gasteiger partial charge on any atom is 0.289 e. The van der Waals surface area contributed by atoms with Crippen molar-refractivity contribution in [2.75, 3.05) is 0 Å². The minimum Gasteiger partial charge on any atom is -0.228 e. The summed E-state index contributed by atoms with van der Waals surface area (Å²) in [5.41, 5.74) is 1.83. The molecule has 1 aromatic heterocycles. The van der Waals surface area contributed by atoms with Gasteiger partial charge in [-0.1, -0.05) is 104 Å². The second kappa shape index (κ2) is 11.5. The van der Waals surface area contributed by atoms with Crippen molar-refractivity contribution >= 4 is 15.9 Å². The molecule has 3 rings (SSSR count). The van der Waals surface area contributed by atoms with Gasteiger partial charge < -0.3 is 0 Å². The molecular formula is C26H29BrF2N2. The summed E-state index contributed by atoms with van der Waals surface area (Å²) in [6.45, 7) is 2.18. The first kappa shape index (κ1) is 23.5. The van der Waals surface area contributed by atoms with Crippen molar-refractivity contribution in [3.8, 4) is 22.6 Å². The van der Waals surface area contributed by atoms with Crippen LogP contribution in [0.2, 0.25) is 0 Å². The van der Waals surface area contributed by atoms with Crippen LogP contribution < -0.4 is 0 Å². The quantitative estimate of drug-likeness (QED) is 0.253. The fraction of sp³-hybridized carbons (Fsp3) is 0.385. The van der Waals surface area contributed by atoms with Crippen molar-refractivity contribution < 1.29 is 8.78 Å². The Morgan fingerprint density at radius 3 is 2.10 bits per heavy atom. The highest BCUT2D eigenvalue weighted by molar-refractivity contribution is 9.10. The first-order valence-corrected chi connectivity index (χ1v) is 11.9. The summed E-state index contributed by atoms with van der Waals surface area (Å²) in [6.07, 6.45) is 6.88. The molecule has 0 N–H and O–H groups in total. The van der Waals surface area contributed by atoms with Crippen molar-refractivity contribution in [3.05, 3.63) is 70.8 Å². The fourth-order valence-electron chi connectivity index (χ4n) is 3.55. The predicted octanol–water partition coefficient (Wildman–Crippen LogP) is 8.81.